The highest BCUT2D eigenvalue weighted by Crippen LogP contribution is 2.21. The van der Waals surface area contributed by atoms with E-state index in [9.17, 15) is 13.2 Å². The van der Waals surface area contributed by atoms with Crippen molar-refractivity contribution in [2.45, 2.75) is 31.7 Å². The zero-order valence-electron chi connectivity index (χ0n) is 12.3. The maximum atomic E-state index is 11.9. The molecular weight excluding hydrogens is 288 g/mol. The van der Waals surface area contributed by atoms with Gasteiger partial charge < -0.3 is 5.32 Å². The van der Waals surface area contributed by atoms with E-state index in [1.165, 1.54) is 6.26 Å². The van der Waals surface area contributed by atoms with Gasteiger partial charge in [0.1, 0.15) is 0 Å². The Morgan fingerprint density at radius 3 is 2.67 bits per heavy atom. The van der Waals surface area contributed by atoms with Crippen LogP contribution >= 0.6 is 0 Å². The highest BCUT2D eigenvalue weighted by Gasteiger charge is 2.28. The molecule has 1 saturated heterocycles. The zero-order chi connectivity index (χ0) is 15.3. The maximum Gasteiger partial charge on any atom is 0.251 e. The number of rotatable bonds is 5. The topological polar surface area (TPSA) is 66.5 Å². The summed E-state index contributed by atoms with van der Waals surface area (Å²) in [7, 11) is -3.16. The second-order valence-electron chi connectivity index (χ2n) is 5.43. The molecule has 0 spiro atoms. The van der Waals surface area contributed by atoms with Crippen molar-refractivity contribution in [1.29, 1.82) is 0 Å². The van der Waals surface area contributed by atoms with Crippen molar-refractivity contribution in [3.8, 4) is 0 Å². The lowest BCUT2D eigenvalue weighted by molar-refractivity contribution is 0.0949. The van der Waals surface area contributed by atoms with E-state index in [2.05, 4.69) is 5.32 Å². The first kappa shape index (κ1) is 16.0. The molecule has 1 aromatic rings. The van der Waals surface area contributed by atoms with Gasteiger partial charge in [-0.15, -0.1) is 0 Å². The Morgan fingerprint density at radius 1 is 1.29 bits per heavy atom. The summed E-state index contributed by atoms with van der Waals surface area (Å²) in [4.78, 5) is 11.9. The van der Waals surface area contributed by atoms with E-state index in [-0.39, 0.29) is 11.9 Å². The number of nitrogens with zero attached hydrogens (tertiary/aromatic N) is 1. The normalized spacial score (nSPS) is 20.1. The Kier molecular flexibility index (Phi) is 5.36. The Morgan fingerprint density at radius 2 is 2.00 bits per heavy atom. The molecular formula is C15H22N2O3S. The van der Waals surface area contributed by atoms with E-state index in [0.29, 0.717) is 25.1 Å². The first-order valence-corrected chi connectivity index (χ1v) is 9.13. The minimum absolute atomic E-state index is 0.00447. The number of benzene rings is 1. The lowest BCUT2D eigenvalue weighted by atomic mass is 10.0. The van der Waals surface area contributed by atoms with Crippen LogP contribution in [0.25, 0.3) is 0 Å². The monoisotopic (exact) mass is 310 g/mol. The van der Waals surface area contributed by atoms with E-state index in [1.807, 2.05) is 18.2 Å². The van der Waals surface area contributed by atoms with Crippen molar-refractivity contribution in [3.05, 3.63) is 35.9 Å². The first-order chi connectivity index (χ1) is 9.98. The standard InChI is InChI=1S/C15H22N2O3S/c1-21(19,20)17-12-6-5-9-14(17)10-11-16-15(18)13-7-3-2-4-8-13/h2-4,7-8,14H,5-6,9-12H2,1H3,(H,16,18). The van der Waals surface area contributed by atoms with Crippen LogP contribution < -0.4 is 5.32 Å². The summed E-state index contributed by atoms with van der Waals surface area (Å²) >= 11 is 0. The molecule has 0 saturated carbocycles. The number of amides is 1. The number of carbonyl (C=O) groups is 1. The molecule has 1 aliphatic rings. The third-order valence-corrected chi connectivity index (χ3v) is 5.13. The number of piperidine rings is 1. The minimum Gasteiger partial charge on any atom is -0.352 e. The van der Waals surface area contributed by atoms with Gasteiger partial charge in [-0.2, -0.15) is 4.31 Å². The van der Waals surface area contributed by atoms with Gasteiger partial charge in [0.15, 0.2) is 0 Å². The summed E-state index contributed by atoms with van der Waals surface area (Å²) in [6.45, 7) is 1.08. The predicted octanol–water partition coefficient (Wildman–Crippen LogP) is 1.62. The smallest absolute Gasteiger partial charge is 0.251 e. The molecule has 21 heavy (non-hydrogen) atoms. The van der Waals surface area contributed by atoms with Crippen molar-refractivity contribution in [1.82, 2.24) is 9.62 Å². The highest BCUT2D eigenvalue weighted by molar-refractivity contribution is 7.88. The Balaban J connectivity index is 1.86. The largest absolute Gasteiger partial charge is 0.352 e. The van der Waals surface area contributed by atoms with Crippen molar-refractivity contribution < 1.29 is 13.2 Å². The van der Waals surface area contributed by atoms with Crippen molar-refractivity contribution in [3.63, 3.8) is 0 Å². The van der Waals surface area contributed by atoms with E-state index < -0.39 is 10.0 Å². The molecule has 0 bridgehead atoms. The zero-order valence-corrected chi connectivity index (χ0v) is 13.1. The predicted molar refractivity (Wildman–Crippen MR) is 82.6 cm³/mol. The molecule has 1 heterocycles. The summed E-state index contributed by atoms with van der Waals surface area (Å²) in [5.74, 6) is -0.114. The van der Waals surface area contributed by atoms with Gasteiger partial charge in [-0.1, -0.05) is 24.6 Å². The van der Waals surface area contributed by atoms with Gasteiger partial charge in [-0.25, -0.2) is 8.42 Å². The summed E-state index contributed by atoms with van der Waals surface area (Å²) in [5, 5.41) is 2.86. The van der Waals surface area contributed by atoms with Crippen LogP contribution in [-0.2, 0) is 10.0 Å². The fourth-order valence-corrected chi connectivity index (χ4v) is 3.96. The van der Waals surface area contributed by atoms with Crippen LogP contribution in [-0.4, -0.2) is 44.0 Å². The van der Waals surface area contributed by atoms with Gasteiger partial charge >= 0.3 is 0 Å². The molecule has 5 nitrogen and oxygen atoms in total. The molecule has 116 valence electrons. The molecule has 6 heteroatoms. The molecule has 0 aliphatic carbocycles. The average molecular weight is 310 g/mol. The Bertz CT molecular complexity index is 572. The molecule has 1 atom stereocenters. The van der Waals surface area contributed by atoms with Gasteiger partial charge in [0, 0.05) is 24.7 Å². The van der Waals surface area contributed by atoms with E-state index >= 15 is 0 Å². The first-order valence-electron chi connectivity index (χ1n) is 7.28. The SMILES string of the molecule is CS(=O)(=O)N1CCCCC1CCNC(=O)c1ccccc1. The van der Waals surface area contributed by atoms with Crippen LogP contribution in [0.2, 0.25) is 0 Å². The Hall–Kier alpha value is -1.40. The van der Waals surface area contributed by atoms with Crippen LogP contribution in [0.4, 0.5) is 0 Å². The molecule has 1 amide bonds. The van der Waals surface area contributed by atoms with Gasteiger partial charge in [0.25, 0.3) is 5.91 Å². The maximum absolute atomic E-state index is 11.9. The average Bonchev–Trinajstić information content (AvgIpc) is 2.47. The molecule has 1 fully saturated rings. The van der Waals surface area contributed by atoms with E-state index in [1.54, 1.807) is 16.4 Å². The van der Waals surface area contributed by atoms with Crippen molar-refractivity contribution in [2.75, 3.05) is 19.3 Å². The fourth-order valence-electron chi connectivity index (χ4n) is 2.74. The summed E-state index contributed by atoms with van der Waals surface area (Å²) in [6, 6.07) is 9.04. The van der Waals surface area contributed by atoms with Crippen LogP contribution in [0.3, 0.4) is 0 Å². The molecule has 1 N–H and O–H groups in total. The van der Waals surface area contributed by atoms with Crippen molar-refractivity contribution in [2.24, 2.45) is 0 Å². The van der Waals surface area contributed by atoms with Crippen molar-refractivity contribution >= 4 is 15.9 Å². The van der Waals surface area contributed by atoms with E-state index in [4.69, 9.17) is 0 Å². The number of hydrogen-bond donors (Lipinski definition) is 1. The second-order valence-corrected chi connectivity index (χ2v) is 7.37. The van der Waals surface area contributed by atoms with Gasteiger partial charge in [0.05, 0.1) is 6.26 Å². The molecule has 1 aliphatic heterocycles. The van der Waals surface area contributed by atoms with Gasteiger partial charge in [0.2, 0.25) is 10.0 Å². The fraction of sp³-hybridized carbons (Fsp3) is 0.533. The van der Waals surface area contributed by atoms with E-state index in [0.717, 1.165) is 19.3 Å². The molecule has 1 unspecified atom stereocenters. The number of carbonyl (C=O) groups excluding carboxylic acids is 1. The summed E-state index contributed by atoms with van der Waals surface area (Å²) < 4.78 is 25.1. The van der Waals surface area contributed by atoms with Crippen LogP contribution in [0, 0.1) is 0 Å². The third-order valence-electron chi connectivity index (χ3n) is 3.80. The highest BCUT2D eigenvalue weighted by atomic mass is 32.2. The minimum atomic E-state index is -3.16. The lowest BCUT2D eigenvalue weighted by Gasteiger charge is -2.33. The lowest BCUT2D eigenvalue weighted by Crippen LogP contribution is -2.44. The second kappa shape index (κ2) is 7.04. The third kappa shape index (κ3) is 4.54. The summed E-state index contributed by atoms with van der Waals surface area (Å²) in [6.07, 6.45) is 4.75. The number of hydrogen-bond acceptors (Lipinski definition) is 3. The van der Waals surface area contributed by atoms with Gasteiger partial charge in [-0.3, -0.25) is 4.79 Å². The van der Waals surface area contributed by atoms with Crippen LogP contribution in [0.1, 0.15) is 36.0 Å². The Labute approximate surface area is 126 Å². The molecule has 0 aromatic heterocycles. The van der Waals surface area contributed by atoms with Crippen LogP contribution in [0.5, 0.6) is 0 Å². The number of nitrogens with one attached hydrogen (secondary N) is 1. The summed E-state index contributed by atoms with van der Waals surface area (Å²) in [5.41, 5.74) is 0.626. The quantitative estimate of drug-likeness (QED) is 0.898. The number of sulfonamides is 1. The molecule has 1 aromatic carbocycles. The van der Waals surface area contributed by atoms with Gasteiger partial charge in [-0.05, 0) is 31.4 Å². The molecule has 2 rings (SSSR count). The van der Waals surface area contributed by atoms with Crippen LogP contribution in [0.15, 0.2) is 30.3 Å². The molecule has 0 radical (unpaired) electrons.